The van der Waals surface area contributed by atoms with E-state index in [0.29, 0.717) is 23.7 Å². The lowest BCUT2D eigenvalue weighted by Gasteiger charge is -2.26. The number of anilines is 1. The van der Waals surface area contributed by atoms with E-state index in [1.165, 1.54) is 11.8 Å². The number of carbonyl (C=O) groups is 2. The van der Waals surface area contributed by atoms with Gasteiger partial charge in [0.1, 0.15) is 0 Å². The maximum Gasteiger partial charge on any atom is 0.252 e. The topological polar surface area (TPSA) is 125 Å². The molecule has 0 saturated carbocycles. The molecule has 0 radical (unpaired) electrons. The van der Waals surface area contributed by atoms with Gasteiger partial charge in [0.25, 0.3) is 5.91 Å². The van der Waals surface area contributed by atoms with Crippen LogP contribution in [0.4, 0.5) is 5.69 Å². The fourth-order valence-corrected chi connectivity index (χ4v) is 5.60. The van der Waals surface area contributed by atoms with Crippen molar-refractivity contribution in [3.8, 4) is 0 Å². The van der Waals surface area contributed by atoms with Gasteiger partial charge >= 0.3 is 0 Å². The van der Waals surface area contributed by atoms with Crippen molar-refractivity contribution in [2.24, 2.45) is 10.8 Å². The summed E-state index contributed by atoms with van der Waals surface area (Å²) in [4.78, 5) is 26.6. The largest absolute Gasteiger partial charge is 0.367 e. The molecule has 1 saturated heterocycles. The number of halogens is 1. The summed E-state index contributed by atoms with van der Waals surface area (Å²) in [6, 6.07) is 14.4. The molecule has 4 rings (SSSR count). The lowest BCUT2D eigenvalue weighted by atomic mass is 10.1. The quantitative estimate of drug-likeness (QED) is 0.507. The normalized spacial score (nSPS) is 20.4. The first-order chi connectivity index (χ1) is 16.6. The predicted molar refractivity (Wildman–Crippen MR) is 139 cm³/mol. The first kappa shape index (κ1) is 25.5. The second-order valence-corrected chi connectivity index (χ2v) is 11.9. The van der Waals surface area contributed by atoms with E-state index in [4.69, 9.17) is 17.3 Å². The highest BCUT2D eigenvalue weighted by Crippen LogP contribution is 2.34. The van der Waals surface area contributed by atoms with Crippen molar-refractivity contribution in [3.63, 3.8) is 0 Å². The van der Waals surface area contributed by atoms with Crippen molar-refractivity contribution >= 4 is 55.9 Å². The van der Waals surface area contributed by atoms with Crippen molar-refractivity contribution in [1.29, 1.82) is 0 Å². The Morgan fingerprint density at radius 1 is 1.14 bits per heavy atom. The van der Waals surface area contributed by atoms with Crippen LogP contribution in [0.3, 0.4) is 0 Å². The molecule has 2 aromatic carbocycles. The van der Waals surface area contributed by atoms with E-state index < -0.39 is 21.3 Å². The van der Waals surface area contributed by atoms with Crippen LogP contribution in [0, 0.1) is 0 Å². The summed E-state index contributed by atoms with van der Waals surface area (Å²) in [5.41, 5.74) is 8.26. The number of hydrogen-bond donors (Lipinski definition) is 2. The molecule has 2 aliphatic heterocycles. The zero-order valence-corrected chi connectivity index (χ0v) is 21.4. The van der Waals surface area contributed by atoms with Gasteiger partial charge in [-0.25, -0.2) is 13.1 Å². The third kappa shape index (κ3) is 6.54. The molecule has 1 unspecified atom stereocenters. The Morgan fingerprint density at radius 3 is 2.43 bits per heavy atom. The number of sulfonamides is 1. The minimum absolute atomic E-state index is 0.0740. The van der Waals surface area contributed by atoms with Crippen LogP contribution in [-0.2, 0) is 32.6 Å². The molecule has 2 aromatic rings. The smallest absolute Gasteiger partial charge is 0.252 e. The van der Waals surface area contributed by atoms with Gasteiger partial charge in [-0.2, -0.15) is 5.10 Å². The lowest BCUT2D eigenvalue weighted by Crippen LogP contribution is -2.44. The fourth-order valence-electron chi connectivity index (χ4n) is 3.98. The third-order valence-corrected chi connectivity index (χ3v) is 7.91. The van der Waals surface area contributed by atoms with Crippen LogP contribution >= 0.6 is 23.4 Å². The van der Waals surface area contributed by atoms with E-state index in [1.807, 2.05) is 24.3 Å². The molecule has 2 aliphatic rings. The zero-order chi connectivity index (χ0) is 25.2. The number of hydrogen-bond acceptors (Lipinski definition) is 7. The molecule has 12 heteroatoms. The average molecular weight is 536 g/mol. The van der Waals surface area contributed by atoms with E-state index in [-0.39, 0.29) is 24.9 Å². The first-order valence-corrected chi connectivity index (χ1v) is 14.1. The Hall–Kier alpha value is -2.60. The molecule has 9 nitrogen and oxygen atoms in total. The molecule has 0 spiro atoms. The predicted octanol–water partition coefficient (Wildman–Crippen LogP) is 2.30. The average Bonchev–Trinajstić information content (AvgIpc) is 3.41. The third-order valence-electron chi connectivity index (χ3n) is 5.76. The van der Waals surface area contributed by atoms with Crippen LogP contribution in [0.5, 0.6) is 0 Å². The maximum absolute atomic E-state index is 12.8. The Labute approximate surface area is 213 Å². The van der Waals surface area contributed by atoms with Crippen LogP contribution in [0.2, 0.25) is 5.02 Å². The van der Waals surface area contributed by atoms with E-state index >= 15 is 0 Å². The standard InChI is InChI=1S/C23H26ClN5O4S2/c1-35(32,33)26-13-16-4-9-18(10-5-16)28-14-19(12-21(28)30)29-23(22(25)31)34-20(27-29)11-6-15-2-7-17(24)8-3-15/h2-5,7-10,19,23,26H,6,11-14H2,1H3,(H2,25,31)/t19-,23?/m1/s1. The second kappa shape index (κ2) is 10.6. The minimum Gasteiger partial charge on any atom is -0.367 e. The molecule has 1 fully saturated rings. The van der Waals surface area contributed by atoms with Crippen LogP contribution in [0.15, 0.2) is 53.6 Å². The van der Waals surface area contributed by atoms with Gasteiger partial charge in [-0.3, -0.25) is 14.6 Å². The van der Waals surface area contributed by atoms with Crippen molar-refractivity contribution in [2.75, 3.05) is 17.7 Å². The van der Waals surface area contributed by atoms with Gasteiger partial charge in [-0.05, 0) is 41.8 Å². The Morgan fingerprint density at radius 2 is 1.80 bits per heavy atom. The number of nitrogens with zero attached hydrogens (tertiary/aromatic N) is 3. The molecule has 0 bridgehead atoms. The van der Waals surface area contributed by atoms with Crippen LogP contribution < -0.4 is 15.4 Å². The van der Waals surface area contributed by atoms with Crippen LogP contribution in [0.25, 0.3) is 0 Å². The number of thioether (sulfide) groups is 1. The summed E-state index contributed by atoms with van der Waals surface area (Å²) in [7, 11) is -3.29. The summed E-state index contributed by atoms with van der Waals surface area (Å²) in [6.07, 6.45) is 2.72. The van der Waals surface area contributed by atoms with E-state index in [9.17, 15) is 18.0 Å². The van der Waals surface area contributed by atoms with Gasteiger partial charge in [-0.1, -0.05) is 47.6 Å². The number of aryl methyl sites for hydroxylation is 1. The molecule has 2 atom stereocenters. The summed E-state index contributed by atoms with van der Waals surface area (Å²) in [6.45, 7) is 0.548. The Bertz CT molecular complexity index is 1240. The van der Waals surface area contributed by atoms with E-state index in [2.05, 4.69) is 9.82 Å². The molecule has 3 N–H and O–H groups in total. The Balaban J connectivity index is 1.42. The minimum atomic E-state index is -3.29. The van der Waals surface area contributed by atoms with Crippen molar-refractivity contribution in [2.45, 2.75) is 37.2 Å². The monoisotopic (exact) mass is 535 g/mol. The highest BCUT2D eigenvalue weighted by atomic mass is 35.5. The highest BCUT2D eigenvalue weighted by molar-refractivity contribution is 8.15. The molecule has 2 heterocycles. The van der Waals surface area contributed by atoms with Crippen LogP contribution in [-0.4, -0.2) is 54.5 Å². The first-order valence-electron chi connectivity index (χ1n) is 11.0. The molecule has 186 valence electrons. The molecule has 2 amide bonds. The van der Waals surface area contributed by atoms with Gasteiger partial charge in [0, 0.05) is 30.2 Å². The van der Waals surface area contributed by atoms with Gasteiger partial charge in [-0.15, -0.1) is 0 Å². The number of carbonyl (C=O) groups excluding carboxylic acids is 2. The summed E-state index contributed by atoms with van der Waals surface area (Å²) >= 11 is 7.28. The van der Waals surface area contributed by atoms with Gasteiger partial charge in [0.05, 0.1) is 23.8 Å². The number of rotatable bonds is 9. The van der Waals surface area contributed by atoms with Gasteiger partial charge in [0.2, 0.25) is 15.9 Å². The molecule has 35 heavy (non-hydrogen) atoms. The van der Waals surface area contributed by atoms with E-state index in [0.717, 1.165) is 28.8 Å². The van der Waals surface area contributed by atoms with Crippen LogP contribution in [0.1, 0.15) is 24.0 Å². The molecular formula is C23H26ClN5O4S2. The van der Waals surface area contributed by atoms with E-state index in [1.54, 1.807) is 34.2 Å². The number of hydrazone groups is 1. The highest BCUT2D eigenvalue weighted by Gasteiger charge is 2.42. The fraction of sp³-hybridized carbons (Fsp3) is 0.348. The van der Waals surface area contributed by atoms with Gasteiger partial charge in [0.15, 0.2) is 5.37 Å². The van der Waals surface area contributed by atoms with Crippen molar-refractivity contribution < 1.29 is 18.0 Å². The second-order valence-electron chi connectivity index (χ2n) is 8.49. The summed E-state index contributed by atoms with van der Waals surface area (Å²) in [5, 5.41) is 7.17. The maximum atomic E-state index is 12.8. The van der Waals surface area contributed by atoms with Gasteiger partial charge < -0.3 is 10.6 Å². The number of primary amides is 1. The number of benzene rings is 2. The zero-order valence-electron chi connectivity index (χ0n) is 19.1. The summed E-state index contributed by atoms with van der Waals surface area (Å²) in [5.74, 6) is -0.566. The number of amides is 2. The molecule has 0 aliphatic carbocycles. The summed E-state index contributed by atoms with van der Waals surface area (Å²) < 4.78 is 25.0. The lowest BCUT2D eigenvalue weighted by molar-refractivity contribution is -0.121. The molecular weight excluding hydrogens is 510 g/mol. The van der Waals surface area contributed by atoms with Crippen molar-refractivity contribution in [3.05, 3.63) is 64.7 Å². The molecule has 0 aromatic heterocycles. The number of nitrogens with two attached hydrogens (primary N) is 1. The Kier molecular flexibility index (Phi) is 7.70. The number of nitrogens with one attached hydrogen (secondary N) is 1. The SMILES string of the molecule is CS(=O)(=O)NCc1ccc(N2C[C@H](N3N=C(CCc4ccc(Cl)cc4)SC3C(N)=O)CC2=O)cc1. The van der Waals surface area contributed by atoms with Crippen molar-refractivity contribution in [1.82, 2.24) is 9.73 Å².